The Bertz CT molecular complexity index is 340. The second-order valence-electron chi connectivity index (χ2n) is 5.03. The van der Waals surface area contributed by atoms with Gasteiger partial charge in [0.1, 0.15) is 0 Å². The summed E-state index contributed by atoms with van der Waals surface area (Å²) < 4.78 is 15.1. The molecule has 0 aliphatic carbocycles. The normalized spacial score (nSPS) is 39.8. The molecule has 5 unspecified atom stereocenters. The topological polar surface area (TPSA) is 65.0 Å². The van der Waals surface area contributed by atoms with Gasteiger partial charge >= 0.3 is 5.97 Å². The van der Waals surface area contributed by atoms with Crippen LogP contribution in [0.25, 0.3) is 0 Å². The molecule has 3 rings (SSSR count). The summed E-state index contributed by atoms with van der Waals surface area (Å²) in [7, 11) is 1.33. The Kier molecular flexibility index (Phi) is 4.04. The first-order valence-corrected chi connectivity index (χ1v) is 6.23. The van der Waals surface area contributed by atoms with E-state index in [1.54, 1.807) is 6.92 Å². The molecule has 3 aliphatic heterocycles. The molecule has 0 amide bonds. The first kappa shape index (κ1) is 13.5. The van der Waals surface area contributed by atoms with E-state index in [-0.39, 0.29) is 11.9 Å². The summed E-state index contributed by atoms with van der Waals surface area (Å²) in [4.78, 5) is 10.2. The monoisotopic (exact) mass is 256 g/mol. The highest BCUT2D eigenvalue weighted by atomic mass is 16.6. The van der Waals surface area contributed by atoms with E-state index in [0.717, 1.165) is 6.42 Å². The van der Waals surface area contributed by atoms with Crippen molar-refractivity contribution < 1.29 is 24.1 Å². The highest BCUT2D eigenvalue weighted by molar-refractivity contribution is 5.86. The number of carbonyl (C=O) groups excluding carboxylic acids is 1. The Balaban J connectivity index is 0.000000152. The molecule has 0 radical (unpaired) electrons. The van der Waals surface area contributed by atoms with Crippen LogP contribution in [0.1, 0.15) is 19.8 Å². The summed E-state index contributed by atoms with van der Waals surface area (Å²) in [5.74, 6) is 0.428. The highest BCUT2D eigenvalue weighted by Gasteiger charge is 2.55. The maximum Gasteiger partial charge on any atom is 0.332 e. The number of esters is 1. The molecule has 5 atom stereocenters. The van der Waals surface area contributed by atoms with Crippen molar-refractivity contribution in [3.63, 3.8) is 0 Å². The van der Waals surface area contributed by atoms with Crippen LogP contribution in [0.5, 0.6) is 0 Å². The maximum absolute atomic E-state index is 10.2. The van der Waals surface area contributed by atoms with E-state index in [1.807, 2.05) is 0 Å². The number of hydrogen-bond acceptors (Lipinski definition) is 5. The number of methoxy groups -OCH3 is 1. The molecule has 3 heterocycles. The van der Waals surface area contributed by atoms with E-state index in [1.165, 1.54) is 13.5 Å². The van der Waals surface area contributed by atoms with Crippen molar-refractivity contribution in [2.24, 2.45) is 11.8 Å². The molecule has 1 N–H and O–H groups in total. The number of carbonyl (C=O) groups is 1. The standard InChI is InChI=1S/C8H12O3.C5H8O2/c9-8-7-4(3-10-8)5-1-2-6(7)11-5;1-4(2)5(6)7-3/h4-9H,1-3H2;1H2,2-3H3. The van der Waals surface area contributed by atoms with Gasteiger partial charge in [0.2, 0.25) is 0 Å². The molecule has 18 heavy (non-hydrogen) atoms. The van der Waals surface area contributed by atoms with Crippen LogP contribution in [0.2, 0.25) is 0 Å². The Morgan fingerprint density at radius 3 is 2.56 bits per heavy atom. The molecule has 3 fully saturated rings. The third kappa shape index (κ3) is 2.43. The number of hydrogen-bond donors (Lipinski definition) is 1. The van der Waals surface area contributed by atoms with Gasteiger partial charge in [0, 0.05) is 17.4 Å². The first-order chi connectivity index (χ1) is 8.54. The summed E-state index contributed by atoms with van der Waals surface area (Å²) in [5.41, 5.74) is 0.433. The van der Waals surface area contributed by atoms with Gasteiger partial charge in [-0.05, 0) is 19.8 Å². The summed E-state index contributed by atoms with van der Waals surface area (Å²) in [6, 6.07) is 0. The quantitative estimate of drug-likeness (QED) is 0.557. The van der Waals surface area contributed by atoms with Gasteiger partial charge in [-0.25, -0.2) is 4.79 Å². The van der Waals surface area contributed by atoms with Crippen molar-refractivity contribution in [3.8, 4) is 0 Å². The van der Waals surface area contributed by atoms with Crippen molar-refractivity contribution in [2.75, 3.05) is 13.7 Å². The third-order valence-electron chi connectivity index (χ3n) is 3.81. The zero-order chi connectivity index (χ0) is 13.3. The molecule has 0 spiro atoms. The molecule has 3 aliphatic rings. The second kappa shape index (κ2) is 5.38. The lowest BCUT2D eigenvalue weighted by Gasteiger charge is -2.19. The van der Waals surface area contributed by atoms with Crippen molar-refractivity contribution in [1.82, 2.24) is 0 Å². The van der Waals surface area contributed by atoms with Gasteiger partial charge in [0.05, 0.1) is 25.9 Å². The van der Waals surface area contributed by atoms with Crippen LogP contribution < -0.4 is 0 Å². The van der Waals surface area contributed by atoms with Gasteiger partial charge in [-0.3, -0.25) is 0 Å². The average molecular weight is 256 g/mol. The zero-order valence-electron chi connectivity index (χ0n) is 10.8. The minimum atomic E-state index is -0.546. The van der Waals surface area contributed by atoms with Gasteiger partial charge in [-0.1, -0.05) is 6.58 Å². The van der Waals surface area contributed by atoms with E-state index >= 15 is 0 Å². The Morgan fingerprint density at radius 1 is 1.39 bits per heavy atom. The van der Waals surface area contributed by atoms with Crippen molar-refractivity contribution in [3.05, 3.63) is 12.2 Å². The maximum atomic E-state index is 10.2. The van der Waals surface area contributed by atoms with E-state index in [2.05, 4.69) is 11.3 Å². The second-order valence-corrected chi connectivity index (χ2v) is 5.03. The van der Waals surface area contributed by atoms with Crippen LogP contribution in [0, 0.1) is 11.8 Å². The van der Waals surface area contributed by atoms with E-state index in [9.17, 15) is 9.90 Å². The SMILES string of the molecule is C=C(C)C(=O)OC.OC1OCC2C3CCC(O3)C12. The number of aliphatic hydroxyl groups is 1. The van der Waals surface area contributed by atoms with Crippen molar-refractivity contribution in [2.45, 2.75) is 38.3 Å². The number of aliphatic hydroxyl groups excluding tert-OH is 1. The van der Waals surface area contributed by atoms with E-state index in [4.69, 9.17) is 9.47 Å². The molecular formula is C13H20O5. The molecule has 5 heteroatoms. The minimum absolute atomic E-state index is 0.286. The fraction of sp³-hybridized carbons (Fsp3) is 0.769. The fourth-order valence-electron chi connectivity index (χ4n) is 2.92. The van der Waals surface area contributed by atoms with Crippen LogP contribution in [0.15, 0.2) is 12.2 Å². The van der Waals surface area contributed by atoms with Crippen LogP contribution >= 0.6 is 0 Å². The van der Waals surface area contributed by atoms with Crippen LogP contribution in [-0.4, -0.2) is 43.3 Å². The fourth-order valence-corrected chi connectivity index (χ4v) is 2.92. The molecule has 5 nitrogen and oxygen atoms in total. The smallest absolute Gasteiger partial charge is 0.332 e. The molecule has 3 saturated heterocycles. The summed E-state index contributed by atoms with van der Waals surface area (Å²) >= 11 is 0. The molecule has 0 aromatic heterocycles. The molecule has 0 aromatic rings. The van der Waals surface area contributed by atoms with Gasteiger partial charge < -0.3 is 19.3 Å². The molecule has 0 aromatic carbocycles. The predicted molar refractivity (Wildman–Crippen MR) is 63.7 cm³/mol. The number of ether oxygens (including phenoxy) is 3. The van der Waals surface area contributed by atoms with E-state index in [0.29, 0.717) is 30.3 Å². The average Bonchev–Trinajstić information content (AvgIpc) is 3.02. The molecule has 0 saturated carbocycles. The Morgan fingerprint density at radius 2 is 2.06 bits per heavy atom. The van der Waals surface area contributed by atoms with E-state index < -0.39 is 6.29 Å². The van der Waals surface area contributed by atoms with Crippen molar-refractivity contribution in [1.29, 1.82) is 0 Å². The Hall–Kier alpha value is -0.910. The lowest BCUT2D eigenvalue weighted by molar-refractivity contribution is -0.136. The van der Waals surface area contributed by atoms with Gasteiger partial charge in [-0.2, -0.15) is 0 Å². The van der Waals surface area contributed by atoms with Crippen molar-refractivity contribution >= 4 is 5.97 Å². The van der Waals surface area contributed by atoms with Crippen LogP contribution in [0.4, 0.5) is 0 Å². The number of fused-ring (bicyclic) bond motifs is 5. The predicted octanol–water partition coefficient (Wildman–Crippen LogP) is 0.864. The lowest BCUT2D eigenvalue weighted by atomic mass is 9.81. The number of rotatable bonds is 1. The van der Waals surface area contributed by atoms with Gasteiger partial charge in [0.25, 0.3) is 0 Å². The summed E-state index contributed by atoms with van der Waals surface area (Å²) in [6.07, 6.45) is 2.42. The van der Waals surface area contributed by atoms with Gasteiger partial charge in [-0.15, -0.1) is 0 Å². The molecular weight excluding hydrogens is 236 g/mol. The van der Waals surface area contributed by atoms with Gasteiger partial charge in [0.15, 0.2) is 6.29 Å². The minimum Gasteiger partial charge on any atom is -0.466 e. The molecule has 102 valence electrons. The van der Waals surface area contributed by atoms with Crippen LogP contribution in [-0.2, 0) is 19.0 Å². The Labute approximate surface area is 107 Å². The summed E-state index contributed by atoms with van der Waals surface area (Å²) in [6.45, 7) is 5.66. The first-order valence-electron chi connectivity index (χ1n) is 6.23. The lowest BCUT2D eigenvalue weighted by Crippen LogP contribution is -2.30. The zero-order valence-corrected chi connectivity index (χ0v) is 10.8. The summed E-state index contributed by atoms with van der Waals surface area (Å²) in [5, 5.41) is 9.42. The molecule has 2 bridgehead atoms. The highest BCUT2D eigenvalue weighted by Crippen LogP contribution is 2.48. The largest absolute Gasteiger partial charge is 0.466 e. The third-order valence-corrected chi connectivity index (χ3v) is 3.81. The van der Waals surface area contributed by atoms with Crippen LogP contribution in [0.3, 0.4) is 0 Å².